The molecule has 2 aliphatic heterocycles. The van der Waals surface area contributed by atoms with Crippen LogP contribution in [0.1, 0.15) is 31.8 Å². The standard InChI is InChI=1S/C21H19FN2O3/c1-23-9-11-24(12-10-23)20(25)15-7-5-14(6-8-15)13-18-16-3-2-4-17(22)19(16)21(26)27-18/h2-8,13H,9-12H2,1H3/b18-13-. The molecule has 0 bridgehead atoms. The zero-order chi connectivity index (χ0) is 19.0. The summed E-state index contributed by atoms with van der Waals surface area (Å²) < 4.78 is 19.0. The SMILES string of the molecule is CN1CCN(C(=O)c2ccc(/C=C3\OC(=O)c4c(F)cccc43)cc2)CC1. The average Bonchev–Trinajstić information content (AvgIpc) is 2.99. The molecule has 5 nitrogen and oxygen atoms in total. The summed E-state index contributed by atoms with van der Waals surface area (Å²) >= 11 is 0. The number of ether oxygens (including phenoxy) is 1. The third-order valence-electron chi connectivity index (χ3n) is 4.93. The number of likely N-dealkylation sites (N-methyl/N-ethyl adjacent to an activating group) is 1. The zero-order valence-electron chi connectivity index (χ0n) is 14.9. The van der Waals surface area contributed by atoms with Crippen molar-refractivity contribution in [3.8, 4) is 0 Å². The minimum Gasteiger partial charge on any atom is -0.422 e. The summed E-state index contributed by atoms with van der Waals surface area (Å²) in [7, 11) is 2.05. The van der Waals surface area contributed by atoms with Crippen LogP contribution < -0.4 is 0 Å². The van der Waals surface area contributed by atoms with Crippen LogP contribution in [0.3, 0.4) is 0 Å². The highest BCUT2D eigenvalue weighted by Crippen LogP contribution is 2.32. The van der Waals surface area contributed by atoms with Gasteiger partial charge in [0.1, 0.15) is 17.1 Å². The Bertz CT molecular complexity index is 929. The van der Waals surface area contributed by atoms with Gasteiger partial charge in [-0.1, -0.05) is 24.3 Å². The highest BCUT2D eigenvalue weighted by Gasteiger charge is 2.29. The van der Waals surface area contributed by atoms with E-state index in [0.717, 1.165) is 31.7 Å². The Morgan fingerprint density at radius 1 is 1.07 bits per heavy atom. The van der Waals surface area contributed by atoms with Gasteiger partial charge in [-0.3, -0.25) is 4.79 Å². The molecule has 2 aromatic carbocycles. The molecule has 0 radical (unpaired) electrons. The zero-order valence-corrected chi connectivity index (χ0v) is 14.9. The van der Waals surface area contributed by atoms with Crippen molar-refractivity contribution < 1.29 is 18.7 Å². The number of nitrogens with zero attached hydrogens (tertiary/aromatic N) is 2. The van der Waals surface area contributed by atoms with Gasteiger partial charge >= 0.3 is 5.97 Å². The Balaban J connectivity index is 1.54. The van der Waals surface area contributed by atoms with E-state index in [1.165, 1.54) is 6.07 Å². The predicted molar refractivity (Wildman–Crippen MR) is 99.5 cm³/mol. The monoisotopic (exact) mass is 366 g/mol. The van der Waals surface area contributed by atoms with Gasteiger partial charge in [0.2, 0.25) is 0 Å². The van der Waals surface area contributed by atoms with Gasteiger partial charge in [0.25, 0.3) is 5.91 Å². The minimum absolute atomic E-state index is 0.0158. The number of hydrogen-bond acceptors (Lipinski definition) is 4. The Morgan fingerprint density at radius 3 is 2.48 bits per heavy atom. The molecule has 1 fully saturated rings. The number of cyclic esters (lactones) is 1. The molecule has 0 aliphatic carbocycles. The number of hydrogen-bond donors (Lipinski definition) is 0. The van der Waals surface area contributed by atoms with Crippen LogP contribution in [0.15, 0.2) is 42.5 Å². The fourth-order valence-corrected chi connectivity index (χ4v) is 3.32. The van der Waals surface area contributed by atoms with Crippen LogP contribution in [-0.4, -0.2) is 54.9 Å². The lowest BCUT2D eigenvalue weighted by Crippen LogP contribution is -2.47. The lowest BCUT2D eigenvalue weighted by molar-refractivity contribution is 0.0663. The van der Waals surface area contributed by atoms with Gasteiger partial charge in [0.15, 0.2) is 0 Å². The van der Waals surface area contributed by atoms with Crippen molar-refractivity contribution in [2.75, 3.05) is 33.2 Å². The number of esters is 1. The molecule has 4 rings (SSSR count). The summed E-state index contributed by atoms with van der Waals surface area (Å²) in [4.78, 5) is 28.5. The largest absolute Gasteiger partial charge is 0.422 e. The van der Waals surface area contributed by atoms with Crippen LogP contribution in [0.5, 0.6) is 0 Å². The van der Waals surface area contributed by atoms with Crippen molar-refractivity contribution in [2.24, 2.45) is 0 Å². The maximum absolute atomic E-state index is 13.8. The predicted octanol–water partition coefficient (Wildman–Crippen LogP) is 2.88. The van der Waals surface area contributed by atoms with Crippen LogP contribution in [-0.2, 0) is 4.74 Å². The number of fused-ring (bicyclic) bond motifs is 1. The highest BCUT2D eigenvalue weighted by molar-refractivity contribution is 6.06. The second-order valence-corrected chi connectivity index (χ2v) is 6.78. The fourth-order valence-electron chi connectivity index (χ4n) is 3.32. The first-order valence-electron chi connectivity index (χ1n) is 8.83. The Hall–Kier alpha value is -2.99. The van der Waals surface area contributed by atoms with E-state index in [4.69, 9.17) is 4.74 Å². The van der Waals surface area contributed by atoms with Crippen molar-refractivity contribution in [1.82, 2.24) is 9.80 Å². The molecule has 6 heteroatoms. The molecular formula is C21H19FN2O3. The molecule has 0 N–H and O–H groups in total. The third-order valence-corrected chi connectivity index (χ3v) is 4.93. The molecule has 2 heterocycles. The molecule has 0 atom stereocenters. The van der Waals surface area contributed by atoms with Gasteiger partial charge < -0.3 is 14.5 Å². The molecule has 27 heavy (non-hydrogen) atoms. The van der Waals surface area contributed by atoms with E-state index in [0.29, 0.717) is 16.9 Å². The van der Waals surface area contributed by atoms with E-state index < -0.39 is 11.8 Å². The third kappa shape index (κ3) is 3.36. The molecule has 2 aromatic rings. The first-order chi connectivity index (χ1) is 13.0. The molecular weight excluding hydrogens is 347 g/mol. The Kier molecular flexibility index (Phi) is 4.49. The van der Waals surface area contributed by atoms with Gasteiger partial charge in [-0.25, -0.2) is 9.18 Å². The van der Waals surface area contributed by atoms with Crippen molar-refractivity contribution in [3.05, 3.63) is 70.5 Å². The van der Waals surface area contributed by atoms with Crippen molar-refractivity contribution in [1.29, 1.82) is 0 Å². The van der Waals surface area contributed by atoms with Crippen molar-refractivity contribution >= 4 is 23.7 Å². The maximum atomic E-state index is 13.8. The smallest absolute Gasteiger partial charge is 0.347 e. The van der Waals surface area contributed by atoms with Crippen LogP contribution in [0.4, 0.5) is 4.39 Å². The first kappa shape index (κ1) is 17.4. The number of halogens is 1. The Labute approximate surface area is 156 Å². The van der Waals surface area contributed by atoms with E-state index in [2.05, 4.69) is 4.90 Å². The second kappa shape index (κ2) is 6.96. The minimum atomic E-state index is -0.684. The summed E-state index contributed by atoms with van der Waals surface area (Å²) in [6.07, 6.45) is 1.67. The number of carbonyl (C=O) groups is 2. The average molecular weight is 366 g/mol. The number of amides is 1. The summed E-state index contributed by atoms with van der Waals surface area (Å²) in [6.45, 7) is 3.19. The number of benzene rings is 2. The molecule has 0 unspecified atom stereocenters. The van der Waals surface area contributed by atoms with Gasteiger partial charge in [-0.05, 0) is 36.9 Å². The molecule has 0 aromatic heterocycles. The van der Waals surface area contributed by atoms with E-state index in [1.807, 2.05) is 11.9 Å². The Morgan fingerprint density at radius 2 is 1.78 bits per heavy atom. The van der Waals surface area contributed by atoms with Crippen molar-refractivity contribution in [2.45, 2.75) is 0 Å². The molecule has 1 saturated heterocycles. The van der Waals surface area contributed by atoms with Crippen LogP contribution in [0.25, 0.3) is 11.8 Å². The van der Waals surface area contributed by atoms with Crippen LogP contribution in [0, 0.1) is 5.82 Å². The van der Waals surface area contributed by atoms with E-state index in [1.54, 1.807) is 42.5 Å². The lowest BCUT2D eigenvalue weighted by atomic mass is 10.0. The summed E-state index contributed by atoms with van der Waals surface area (Å²) in [5, 5.41) is 0. The summed E-state index contributed by atoms with van der Waals surface area (Å²) in [5.41, 5.74) is 1.80. The lowest BCUT2D eigenvalue weighted by Gasteiger charge is -2.32. The molecule has 138 valence electrons. The number of rotatable bonds is 2. The van der Waals surface area contributed by atoms with Crippen LogP contribution in [0.2, 0.25) is 0 Å². The van der Waals surface area contributed by atoms with Gasteiger partial charge in [-0.2, -0.15) is 0 Å². The van der Waals surface area contributed by atoms with Gasteiger partial charge in [-0.15, -0.1) is 0 Å². The van der Waals surface area contributed by atoms with E-state index >= 15 is 0 Å². The molecule has 0 saturated carbocycles. The summed E-state index contributed by atoms with van der Waals surface area (Å²) in [6, 6.07) is 11.5. The first-order valence-corrected chi connectivity index (χ1v) is 8.83. The fraction of sp³-hybridized carbons (Fsp3) is 0.238. The number of piperazine rings is 1. The number of carbonyl (C=O) groups excluding carboxylic acids is 2. The molecule has 2 aliphatic rings. The highest BCUT2D eigenvalue weighted by atomic mass is 19.1. The van der Waals surface area contributed by atoms with Crippen LogP contribution >= 0.6 is 0 Å². The topological polar surface area (TPSA) is 49.9 Å². The van der Waals surface area contributed by atoms with E-state index in [9.17, 15) is 14.0 Å². The molecule has 0 spiro atoms. The van der Waals surface area contributed by atoms with Gasteiger partial charge in [0, 0.05) is 37.3 Å². The molecule has 1 amide bonds. The maximum Gasteiger partial charge on any atom is 0.347 e. The van der Waals surface area contributed by atoms with Crippen molar-refractivity contribution in [3.63, 3.8) is 0 Å². The van der Waals surface area contributed by atoms with Gasteiger partial charge in [0.05, 0.1) is 0 Å². The van der Waals surface area contributed by atoms with E-state index in [-0.39, 0.29) is 11.5 Å². The summed E-state index contributed by atoms with van der Waals surface area (Å²) in [5.74, 6) is -0.945. The quantitative estimate of drug-likeness (QED) is 0.767. The normalized spacial score (nSPS) is 18.5. The second-order valence-electron chi connectivity index (χ2n) is 6.78.